The Kier molecular flexibility index (Phi) is 2.37. The van der Waals surface area contributed by atoms with Gasteiger partial charge in [-0.25, -0.2) is 4.98 Å². The molecule has 0 saturated carbocycles. The first kappa shape index (κ1) is 10.1. The Balaban J connectivity index is 2.04. The largest absolute Gasteiger partial charge is 0.440 e. The van der Waals surface area contributed by atoms with E-state index in [1.807, 2.05) is 18.2 Å². The number of hydrogen-bond acceptors (Lipinski definition) is 3. The van der Waals surface area contributed by atoms with Crippen LogP contribution in [0.15, 0.2) is 22.6 Å². The van der Waals surface area contributed by atoms with Crippen LogP contribution in [0, 0.1) is 5.92 Å². The normalized spacial score (nSPS) is 25.4. The van der Waals surface area contributed by atoms with Crippen molar-refractivity contribution >= 4 is 22.7 Å². The summed E-state index contributed by atoms with van der Waals surface area (Å²) in [5, 5.41) is 4.04. The fourth-order valence-corrected chi connectivity index (χ4v) is 2.38. The Bertz CT molecular complexity index is 523. The average molecular weight is 237 g/mol. The highest BCUT2D eigenvalue weighted by atomic mass is 35.5. The van der Waals surface area contributed by atoms with Gasteiger partial charge in [0.05, 0.1) is 5.92 Å². The number of oxazole rings is 1. The monoisotopic (exact) mass is 236 g/mol. The predicted molar refractivity (Wildman–Crippen MR) is 63.8 cm³/mol. The molecule has 3 rings (SSSR count). The smallest absolute Gasteiger partial charge is 0.200 e. The van der Waals surface area contributed by atoms with E-state index in [0.717, 1.165) is 30.1 Å². The molecule has 0 aliphatic carbocycles. The van der Waals surface area contributed by atoms with Crippen LogP contribution in [-0.4, -0.2) is 18.1 Å². The van der Waals surface area contributed by atoms with Crippen molar-refractivity contribution in [2.75, 3.05) is 13.1 Å². The number of nitrogens with zero attached hydrogens (tertiary/aromatic N) is 1. The molecule has 1 aliphatic rings. The second-order valence-electron chi connectivity index (χ2n) is 4.41. The van der Waals surface area contributed by atoms with Crippen molar-refractivity contribution < 1.29 is 4.42 Å². The molecule has 3 nitrogen and oxygen atoms in total. The van der Waals surface area contributed by atoms with Crippen LogP contribution in [0.4, 0.5) is 0 Å². The van der Waals surface area contributed by atoms with Crippen molar-refractivity contribution in [2.45, 2.75) is 12.8 Å². The van der Waals surface area contributed by atoms with Crippen molar-refractivity contribution in [1.82, 2.24) is 10.3 Å². The third-order valence-electron chi connectivity index (χ3n) is 3.20. The number of hydrogen-bond donors (Lipinski definition) is 1. The van der Waals surface area contributed by atoms with Crippen LogP contribution in [0.1, 0.15) is 18.7 Å². The number of rotatable bonds is 1. The number of aromatic nitrogens is 1. The van der Waals surface area contributed by atoms with Crippen LogP contribution in [0.2, 0.25) is 5.02 Å². The zero-order chi connectivity index (χ0) is 11.1. The lowest BCUT2D eigenvalue weighted by atomic mass is 9.98. The lowest BCUT2D eigenvalue weighted by molar-refractivity contribution is 0.435. The van der Waals surface area contributed by atoms with Crippen LogP contribution in [0.3, 0.4) is 0 Å². The molecule has 1 aliphatic heterocycles. The van der Waals surface area contributed by atoms with Gasteiger partial charge in [0.2, 0.25) is 0 Å². The van der Waals surface area contributed by atoms with Gasteiger partial charge in [0, 0.05) is 17.6 Å². The summed E-state index contributed by atoms with van der Waals surface area (Å²) in [4.78, 5) is 4.52. The number of nitrogens with one attached hydrogen (secondary N) is 1. The van der Waals surface area contributed by atoms with Crippen molar-refractivity contribution in [2.24, 2.45) is 5.92 Å². The second-order valence-corrected chi connectivity index (χ2v) is 4.84. The molecule has 2 atom stereocenters. The molecule has 1 saturated heterocycles. The summed E-state index contributed by atoms with van der Waals surface area (Å²) in [6.45, 7) is 4.19. The third-order valence-corrected chi connectivity index (χ3v) is 3.44. The molecular formula is C12H13ClN2O. The average Bonchev–Trinajstić information content (AvgIpc) is 2.82. The third kappa shape index (κ3) is 1.60. The van der Waals surface area contributed by atoms with Crippen LogP contribution in [0.5, 0.6) is 0 Å². The highest BCUT2D eigenvalue weighted by Crippen LogP contribution is 2.30. The number of halogens is 1. The van der Waals surface area contributed by atoms with E-state index in [1.165, 1.54) is 0 Å². The summed E-state index contributed by atoms with van der Waals surface area (Å²) in [6.07, 6.45) is 0. The fourth-order valence-electron chi connectivity index (χ4n) is 2.22. The van der Waals surface area contributed by atoms with Crippen LogP contribution >= 0.6 is 11.6 Å². The summed E-state index contributed by atoms with van der Waals surface area (Å²) >= 11 is 5.92. The van der Waals surface area contributed by atoms with Gasteiger partial charge in [0.25, 0.3) is 0 Å². The Hall–Kier alpha value is -1.06. The summed E-state index contributed by atoms with van der Waals surface area (Å²) in [5.41, 5.74) is 1.67. The molecule has 1 aromatic carbocycles. The molecule has 1 fully saturated rings. The minimum absolute atomic E-state index is 0.381. The van der Waals surface area contributed by atoms with Gasteiger partial charge in [-0.05, 0) is 24.6 Å². The van der Waals surface area contributed by atoms with Crippen LogP contribution in [-0.2, 0) is 0 Å². The van der Waals surface area contributed by atoms with Gasteiger partial charge in [0.1, 0.15) is 5.52 Å². The minimum Gasteiger partial charge on any atom is -0.440 e. The predicted octanol–water partition coefficient (Wildman–Crippen LogP) is 2.80. The quantitative estimate of drug-likeness (QED) is 0.828. The zero-order valence-corrected chi connectivity index (χ0v) is 9.79. The SMILES string of the molecule is CC1CNCC1c1nc2ccc(Cl)cc2o1. The standard InChI is InChI=1S/C12H13ClN2O/c1-7-5-14-6-9(7)12-15-10-3-2-8(13)4-11(10)16-12/h2-4,7,9,14H,5-6H2,1H3. The van der Waals surface area contributed by atoms with E-state index in [-0.39, 0.29) is 0 Å². The van der Waals surface area contributed by atoms with Gasteiger partial charge in [-0.15, -0.1) is 0 Å². The second kappa shape index (κ2) is 3.75. The summed E-state index contributed by atoms with van der Waals surface area (Å²) in [5.74, 6) is 1.78. The maximum Gasteiger partial charge on any atom is 0.200 e. The van der Waals surface area contributed by atoms with Gasteiger partial charge >= 0.3 is 0 Å². The number of benzene rings is 1. The Morgan fingerprint density at radius 2 is 2.31 bits per heavy atom. The first-order valence-electron chi connectivity index (χ1n) is 5.51. The Morgan fingerprint density at radius 3 is 3.06 bits per heavy atom. The van der Waals surface area contributed by atoms with Gasteiger partial charge in [-0.2, -0.15) is 0 Å². The van der Waals surface area contributed by atoms with E-state index in [4.69, 9.17) is 16.0 Å². The van der Waals surface area contributed by atoms with Crippen molar-refractivity contribution in [3.63, 3.8) is 0 Å². The summed E-state index contributed by atoms with van der Waals surface area (Å²) in [6, 6.07) is 5.56. The molecule has 0 radical (unpaired) electrons. The highest BCUT2D eigenvalue weighted by Gasteiger charge is 2.28. The summed E-state index contributed by atoms with van der Waals surface area (Å²) < 4.78 is 5.77. The highest BCUT2D eigenvalue weighted by molar-refractivity contribution is 6.31. The summed E-state index contributed by atoms with van der Waals surface area (Å²) in [7, 11) is 0. The topological polar surface area (TPSA) is 38.1 Å². The van der Waals surface area contributed by atoms with Gasteiger partial charge in [0.15, 0.2) is 11.5 Å². The van der Waals surface area contributed by atoms with Crippen LogP contribution in [0.25, 0.3) is 11.1 Å². The molecule has 2 unspecified atom stereocenters. The molecule has 4 heteroatoms. The number of fused-ring (bicyclic) bond motifs is 1. The molecule has 0 amide bonds. The molecule has 0 bridgehead atoms. The molecule has 1 N–H and O–H groups in total. The Morgan fingerprint density at radius 1 is 1.44 bits per heavy atom. The maximum atomic E-state index is 5.92. The molecule has 84 valence electrons. The van der Waals surface area contributed by atoms with E-state index >= 15 is 0 Å². The molecule has 0 spiro atoms. The molecule has 1 aromatic heterocycles. The lowest BCUT2D eigenvalue weighted by Gasteiger charge is -2.08. The van der Waals surface area contributed by atoms with Gasteiger partial charge in [-0.1, -0.05) is 18.5 Å². The molecule has 2 heterocycles. The first-order chi connectivity index (χ1) is 7.74. The molecule has 2 aromatic rings. The fraction of sp³-hybridized carbons (Fsp3) is 0.417. The minimum atomic E-state index is 0.381. The molecular weight excluding hydrogens is 224 g/mol. The first-order valence-corrected chi connectivity index (χ1v) is 5.88. The van der Waals surface area contributed by atoms with Gasteiger partial charge in [-0.3, -0.25) is 0 Å². The van der Waals surface area contributed by atoms with E-state index in [1.54, 1.807) is 0 Å². The van der Waals surface area contributed by atoms with E-state index in [0.29, 0.717) is 16.9 Å². The van der Waals surface area contributed by atoms with Crippen molar-refractivity contribution in [3.8, 4) is 0 Å². The van der Waals surface area contributed by atoms with Crippen molar-refractivity contribution in [1.29, 1.82) is 0 Å². The van der Waals surface area contributed by atoms with E-state index in [9.17, 15) is 0 Å². The maximum absolute atomic E-state index is 5.92. The lowest BCUT2D eigenvalue weighted by Crippen LogP contribution is -2.08. The van der Waals surface area contributed by atoms with E-state index < -0.39 is 0 Å². The van der Waals surface area contributed by atoms with Gasteiger partial charge < -0.3 is 9.73 Å². The van der Waals surface area contributed by atoms with Crippen LogP contribution < -0.4 is 5.32 Å². The Labute approximate surface area is 98.8 Å². The van der Waals surface area contributed by atoms with E-state index in [2.05, 4.69) is 17.2 Å². The zero-order valence-electron chi connectivity index (χ0n) is 9.03. The molecule has 16 heavy (non-hydrogen) atoms. The van der Waals surface area contributed by atoms with Crippen molar-refractivity contribution in [3.05, 3.63) is 29.1 Å².